The number of piperidine rings is 1. The Hall–Kier alpha value is -2.58. The van der Waals surface area contributed by atoms with E-state index in [1.165, 1.54) is 0 Å². The molecule has 194 valence electrons. The van der Waals surface area contributed by atoms with E-state index in [-0.39, 0.29) is 18.4 Å². The summed E-state index contributed by atoms with van der Waals surface area (Å²) in [4.78, 5) is 37.1. The van der Waals surface area contributed by atoms with Gasteiger partial charge in [-0.25, -0.2) is 9.97 Å². The van der Waals surface area contributed by atoms with Crippen LogP contribution >= 0.6 is 23.2 Å². The summed E-state index contributed by atoms with van der Waals surface area (Å²) in [5, 5.41) is 13.1. The number of nitrogens with zero attached hydrogens (tertiary/aromatic N) is 4. The number of carboxylic acid groups (broad SMARTS) is 1. The fourth-order valence-corrected chi connectivity index (χ4v) is 5.64. The van der Waals surface area contributed by atoms with Gasteiger partial charge in [-0.2, -0.15) is 0 Å². The lowest BCUT2D eigenvalue weighted by molar-refractivity contribution is -0.137. The number of carbonyl (C=O) groups excluding carboxylic acids is 1. The number of anilines is 2. The fourth-order valence-electron chi connectivity index (χ4n) is 5.14. The van der Waals surface area contributed by atoms with Gasteiger partial charge in [0.25, 0.3) is 0 Å². The highest BCUT2D eigenvalue weighted by molar-refractivity contribution is 6.35. The standard InChI is InChI=1S/C26H33Cl2N5O3/c27-20-7-6-19(21(28)15-20)8-11-29-26(36)22-4-2-12-33(22)24-16-23(30-17-31-24)32-13-9-18(10-14-32)3-1-5-25(34)35/h6-7,15-18,22H,1-5,8-14H2,(H,29,36)(H,34,35). The molecule has 8 nitrogen and oxygen atoms in total. The molecule has 2 N–H and O–H groups in total. The second kappa shape index (κ2) is 12.6. The molecule has 1 aromatic heterocycles. The predicted molar refractivity (Wildman–Crippen MR) is 142 cm³/mol. The molecule has 1 aromatic carbocycles. The average molecular weight is 534 g/mol. The van der Waals surface area contributed by atoms with Crippen molar-refractivity contribution in [2.45, 2.75) is 57.4 Å². The predicted octanol–water partition coefficient (Wildman–Crippen LogP) is 4.58. The number of carbonyl (C=O) groups is 2. The van der Waals surface area contributed by atoms with Crippen LogP contribution in [0.2, 0.25) is 10.0 Å². The average Bonchev–Trinajstić information content (AvgIpc) is 3.36. The molecule has 1 unspecified atom stereocenters. The number of hydrogen-bond donors (Lipinski definition) is 2. The van der Waals surface area contributed by atoms with Crippen LogP contribution in [-0.2, 0) is 16.0 Å². The summed E-state index contributed by atoms with van der Waals surface area (Å²) >= 11 is 12.2. The summed E-state index contributed by atoms with van der Waals surface area (Å²) < 4.78 is 0. The minimum absolute atomic E-state index is 0.0000709. The number of rotatable bonds is 10. The SMILES string of the molecule is O=C(O)CCCC1CCN(c2cc(N3CCCC3C(=O)NCCc3ccc(Cl)cc3Cl)ncn2)CC1. The summed E-state index contributed by atoms with van der Waals surface area (Å²) in [5.41, 5.74) is 0.954. The number of aliphatic carboxylic acids is 1. The van der Waals surface area contributed by atoms with Gasteiger partial charge >= 0.3 is 5.97 Å². The lowest BCUT2D eigenvalue weighted by Crippen LogP contribution is -2.44. The van der Waals surface area contributed by atoms with Gasteiger partial charge in [-0.05, 0) is 68.6 Å². The van der Waals surface area contributed by atoms with Crippen LogP contribution in [-0.4, -0.2) is 59.2 Å². The third-order valence-corrected chi connectivity index (χ3v) is 7.73. The van der Waals surface area contributed by atoms with Gasteiger partial charge in [0.1, 0.15) is 24.0 Å². The molecule has 4 rings (SSSR count). The van der Waals surface area contributed by atoms with E-state index in [4.69, 9.17) is 28.3 Å². The van der Waals surface area contributed by atoms with E-state index in [1.807, 2.05) is 12.1 Å². The molecular formula is C26H33Cl2N5O3. The second-order valence-electron chi connectivity index (χ2n) is 9.58. The maximum Gasteiger partial charge on any atom is 0.303 e. The number of hydrogen-bond acceptors (Lipinski definition) is 6. The van der Waals surface area contributed by atoms with Crippen LogP contribution in [0.25, 0.3) is 0 Å². The van der Waals surface area contributed by atoms with E-state index in [2.05, 4.69) is 25.1 Å². The van der Waals surface area contributed by atoms with Crippen molar-refractivity contribution in [3.8, 4) is 0 Å². The summed E-state index contributed by atoms with van der Waals surface area (Å²) in [6.45, 7) is 3.07. The number of aromatic nitrogens is 2. The Bertz CT molecular complexity index is 1060. The number of amides is 1. The first-order valence-electron chi connectivity index (χ1n) is 12.7. The highest BCUT2D eigenvalue weighted by Gasteiger charge is 2.32. The molecule has 2 aliphatic heterocycles. The topological polar surface area (TPSA) is 98.7 Å². The van der Waals surface area contributed by atoms with Crippen molar-refractivity contribution in [2.24, 2.45) is 5.92 Å². The van der Waals surface area contributed by atoms with Crippen molar-refractivity contribution in [2.75, 3.05) is 36.0 Å². The molecule has 2 fully saturated rings. The van der Waals surface area contributed by atoms with Gasteiger partial charge < -0.3 is 20.2 Å². The van der Waals surface area contributed by atoms with Crippen molar-refractivity contribution in [1.82, 2.24) is 15.3 Å². The Morgan fingerprint density at radius 1 is 1.06 bits per heavy atom. The van der Waals surface area contributed by atoms with Crippen LogP contribution < -0.4 is 15.1 Å². The Morgan fingerprint density at radius 3 is 2.58 bits per heavy atom. The normalized spacial score (nSPS) is 18.4. The van der Waals surface area contributed by atoms with E-state index in [9.17, 15) is 9.59 Å². The Labute approximate surface area is 222 Å². The zero-order chi connectivity index (χ0) is 25.5. The third kappa shape index (κ3) is 7.01. The van der Waals surface area contributed by atoms with Crippen LogP contribution in [0.15, 0.2) is 30.6 Å². The molecule has 10 heteroatoms. The second-order valence-corrected chi connectivity index (χ2v) is 10.4. The van der Waals surface area contributed by atoms with Crippen LogP contribution in [0, 0.1) is 5.92 Å². The van der Waals surface area contributed by atoms with Crippen molar-refractivity contribution in [3.05, 3.63) is 46.2 Å². The van der Waals surface area contributed by atoms with Crippen molar-refractivity contribution >= 4 is 46.7 Å². The number of benzene rings is 1. The van der Waals surface area contributed by atoms with Crippen LogP contribution in [0.4, 0.5) is 11.6 Å². The molecule has 0 saturated carbocycles. The van der Waals surface area contributed by atoms with Gasteiger partial charge in [0.05, 0.1) is 0 Å². The van der Waals surface area contributed by atoms with Crippen LogP contribution in [0.1, 0.15) is 50.5 Å². The molecule has 0 aliphatic carbocycles. The highest BCUT2D eigenvalue weighted by Crippen LogP contribution is 2.29. The van der Waals surface area contributed by atoms with E-state index < -0.39 is 5.97 Å². The lowest BCUT2D eigenvalue weighted by atomic mass is 9.91. The quantitative estimate of drug-likeness (QED) is 0.460. The maximum absolute atomic E-state index is 13.0. The van der Waals surface area contributed by atoms with Crippen molar-refractivity contribution < 1.29 is 14.7 Å². The molecule has 1 amide bonds. The Morgan fingerprint density at radius 2 is 1.83 bits per heavy atom. The molecule has 36 heavy (non-hydrogen) atoms. The number of nitrogens with one attached hydrogen (secondary N) is 1. The van der Waals surface area contributed by atoms with E-state index in [0.717, 1.165) is 75.4 Å². The first kappa shape index (κ1) is 26.5. The fraction of sp³-hybridized carbons (Fsp3) is 0.538. The molecule has 2 aliphatic rings. The van der Waals surface area contributed by atoms with E-state index >= 15 is 0 Å². The van der Waals surface area contributed by atoms with E-state index in [1.54, 1.807) is 18.5 Å². The third-order valence-electron chi connectivity index (χ3n) is 7.14. The Balaban J connectivity index is 1.30. The largest absolute Gasteiger partial charge is 0.481 e. The van der Waals surface area contributed by atoms with Gasteiger partial charge in [0, 0.05) is 48.7 Å². The Kier molecular flexibility index (Phi) is 9.26. The zero-order valence-electron chi connectivity index (χ0n) is 20.3. The maximum atomic E-state index is 13.0. The summed E-state index contributed by atoms with van der Waals surface area (Å²) in [6.07, 6.45) is 7.95. The minimum atomic E-state index is -0.721. The van der Waals surface area contributed by atoms with Crippen LogP contribution in [0.3, 0.4) is 0 Å². The van der Waals surface area contributed by atoms with Crippen LogP contribution in [0.5, 0.6) is 0 Å². The summed E-state index contributed by atoms with van der Waals surface area (Å²) in [5.74, 6) is 1.51. The highest BCUT2D eigenvalue weighted by atomic mass is 35.5. The molecule has 1 atom stereocenters. The summed E-state index contributed by atoms with van der Waals surface area (Å²) in [7, 11) is 0. The minimum Gasteiger partial charge on any atom is -0.481 e. The van der Waals surface area contributed by atoms with Crippen molar-refractivity contribution in [3.63, 3.8) is 0 Å². The smallest absolute Gasteiger partial charge is 0.303 e. The monoisotopic (exact) mass is 533 g/mol. The zero-order valence-corrected chi connectivity index (χ0v) is 21.8. The number of carboxylic acids is 1. The molecule has 0 radical (unpaired) electrons. The molecule has 3 heterocycles. The van der Waals surface area contributed by atoms with Gasteiger partial charge in [0.15, 0.2) is 0 Å². The first-order valence-corrected chi connectivity index (χ1v) is 13.4. The molecule has 0 spiro atoms. The molecule has 0 bridgehead atoms. The number of halogens is 2. The molecule has 2 aromatic rings. The first-order chi connectivity index (χ1) is 17.4. The molecular weight excluding hydrogens is 501 g/mol. The van der Waals surface area contributed by atoms with Gasteiger partial charge in [-0.1, -0.05) is 29.3 Å². The molecule has 2 saturated heterocycles. The van der Waals surface area contributed by atoms with E-state index in [0.29, 0.717) is 28.9 Å². The summed E-state index contributed by atoms with van der Waals surface area (Å²) in [6, 6.07) is 7.14. The van der Waals surface area contributed by atoms with Gasteiger partial charge in [-0.3, -0.25) is 9.59 Å². The lowest BCUT2D eigenvalue weighted by Gasteiger charge is -2.33. The van der Waals surface area contributed by atoms with Gasteiger partial charge in [0.2, 0.25) is 5.91 Å². The van der Waals surface area contributed by atoms with Crippen molar-refractivity contribution in [1.29, 1.82) is 0 Å². The van der Waals surface area contributed by atoms with Gasteiger partial charge in [-0.15, -0.1) is 0 Å².